The van der Waals surface area contributed by atoms with E-state index in [1.807, 2.05) is 5.32 Å². The van der Waals surface area contributed by atoms with Crippen LogP contribution in [0, 0.1) is 0 Å². The Balaban J connectivity index is 2.70. The highest BCUT2D eigenvalue weighted by molar-refractivity contribution is 6.67. The molecule has 1 amide bonds. The lowest BCUT2D eigenvalue weighted by atomic mass is 9.97. The number of halogens is 3. The molecule has 0 aromatic heterocycles. The smallest absolute Gasteiger partial charge is 0.407 e. The number of aliphatic hydroxyl groups is 4. The van der Waals surface area contributed by atoms with E-state index in [0.29, 0.717) is 0 Å². The minimum absolute atomic E-state index is 0.620. The molecule has 11 heteroatoms. The molecule has 1 aliphatic heterocycles. The van der Waals surface area contributed by atoms with Crippen LogP contribution in [0.15, 0.2) is 0 Å². The zero-order valence-corrected chi connectivity index (χ0v) is 12.1. The number of rotatable bonds is 3. The number of hydrogen-bond donors (Lipinski definition) is 5. The Morgan fingerprint density at radius 1 is 1.35 bits per heavy atom. The van der Waals surface area contributed by atoms with Crippen molar-refractivity contribution in [2.45, 2.75) is 34.4 Å². The summed E-state index contributed by atoms with van der Waals surface area (Å²) in [6, 6.07) is -1.75. The van der Waals surface area contributed by atoms with Gasteiger partial charge in [-0.3, -0.25) is 0 Å². The van der Waals surface area contributed by atoms with Gasteiger partial charge in [-0.05, 0) is 0 Å². The fourth-order valence-corrected chi connectivity index (χ4v) is 1.63. The molecule has 0 spiro atoms. The number of nitrogens with one attached hydrogen (secondary N) is 1. The van der Waals surface area contributed by atoms with Crippen molar-refractivity contribution < 1.29 is 36.1 Å². The van der Waals surface area contributed by atoms with Crippen LogP contribution in [0.3, 0.4) is 0 Å². The molecule has 118 valence electrons. The van der Waals surface area contributed by atoms with Crippen LogP contribution < -0.4 is 5.32 Å². The molecule has 0 radical (unpaired) electrons. The van der Waals surface area contributed by atoms with Gasteiger partial charge in [0.05, 0.1) is 7.98 Å². The van der Waals surface area contributed by atoms with Gasteiger partial charge in [-0.1, -0.05) is 34.8 Å². The minimum atomic E-state index is -2.80. The Morgan fingerprint density at radius 3 is 2.45 bits per heavy atom. The van der Waals surface area contributed by atoms with Gasteiger partial charge in [0.2, 0.25) is 3.79 Å². The quantitative estimate of drug-likeness (QED) is 0.406. The summed E-state index contributed by atoms with van der Waals surface area (Å²) in [6.45, 7) is -1.37. The summed E-state index contributed by atoms with van der Waals surface area (Å²) in [5.74, 6) is 0. The summed E-state index contributed by atoms with van der Waals surface area (Å²) in [5.41, 5.74) is 0. The van der Waals surface area contributed by atoms with Crippen molar-refractivity contribution >= 4 is 40.9 Å². The molecule has 0 aromatic rings. The average molecular weight is 356 g/mol. The van der Waals surface area contributed by atoms with Crippen molar-refractivity contribution in [1.29, 1.82) is 0 Å². The molecule has 1 fully saturated rings. The fourth-order valence-electron chi connectivity index (χ4n) is 1.47. The van der Waals surface area contributed by atoms with E-state index in [4.69, 9.17) is 41.3 Å². The van der Waals surface area contributed by atoms with Crippen LogP contribution in [0.25, 0.3) is 0 Å². The van der Waals surface area contributed by atoms with E-state index in [9.17, 15) is 20.1 Å². The van der Waals surface area contributed by atoms with Crippen molar-refractivity contribution in [3.8, 4) is 0 Å². The highest BCUT2D eigenvalue weighted by atomic mass is 35.6. The van der Waals surface area contributed by atoms with E-state index in [1.165, 1.54) is 0 Å². The molecular formula is C9H14Cl3NO7. The zero-order chi connectivity index (χ0) is 16.4. The summed E-state index contributed by atoms with van der Waals surface area (Å²) in [4.78, 5) is 11.4. The first-order chi connectivity index (χ1) is 9.48. The second kappa shape index (κ2) is 7.28. The SMILES string of the molecule is [2H]C1(O)O[C@H](CO)[C@@H](O)[C@H](O)[C@H]1NC(=O)OCC(Cl)(Cl)Cl. The van der Waals surface area contributed by atoms with Crippen LogP contribution in [0.4, 0.5) is 4.79 Å². The third kappa shape index (κ3) is 5.05. The summed E-state index contributed by atoms with van der Waals surface area (Å²) < 4.78 is 14.8. The molecule has 0 saturated carbocycles. The Bertz CT molecular complexity index is 381. The lowest BCUT2D eigenvalue weighted by Gasteiger charge is -2.40. The second-order valence-electron chi connectivity index (χ2n) is 3.97. The fraction of sp³-hybridized carbons (Fsp3) is 0.889. The zero-order valence-electron chi connectivity index (χ0n) is 10.9. The van der Waals surface area contributed by atoms with Gasteiger partial charge in [-0.25, -0.2) is 4.79 Å². The van der Waals surface area contributed by atoms with Crippen LogP contribution in [-0.4, -0.2) is 74.1 Å². The van der Waals surface area contributed by atoms with Crippen molar-refractivity contribution in [1.82, 2.24) is 5.32 Å². The van der Waals surface area contributed by atoms with Crippen molar-refractivity contribution in [3.63, 3.8) is 0 Å². The largest absolute Gasteiger partial charge is 0.445 e. The molecule has 1 saturated heterocycles. The lowest BCUT2D eigenvalue weighted by Crippen LogP contribution is -2.64. The van der Waals surface area contributed by atoms with Gasteiger partial charge >= 0.3 is 6.09 Å². The Morgan fingerprint density at radius 2 is 1.95 bits per heavy atom. The topological polar surface area (TPSA) is 128 Å². The van der Waals surface area contributed by atoms with Gasteiger partial charge in [0.1, 0.15) is 31.0 Å². The average Bonchev–Trinajstić information content (AvgIpc) is 2.36. The molecule has 0 bridgehead atoms. The van der Waals surface area contributed by atoms with E-state index in [0.717, 1.165) is 0 Å². The van der Waals surface area contributed by atoms with Gasteiger partial charge in [0.25, 0.3) is 0 Å². The number of aliphatic hydroxyl groups excluding tert-OH is 3. The number of amides is 1. The normalized spacial score (nSPS) is 39.0. The van der Waals surface area contributed by atoms with E-state index in [2.05, 4.69) is 9.47 Å². The lowest BCUT2D eigenvalue weighted by molar-refractivity contribution is -0.253. The summed E-state index contributed by atoms with van der Waals surface area (Å²) in [5, 5.41) is 39.9. The first-order valence-corrected chi connectivity index (χ1v) is 6.48. The maximum Gasteiger partial charge on any atom is 0.407 e. The molecule has 0 aliphatic carbocycles. The van der Waals surface area contributed by atoms with Crippen molar-refractivity contribution in [3.05, 3.63) is 0 Å². The van der Waals surface area contributed by atoms with E-state index in [1.54, 1.807) is 0 Å². The Labute approximate surface area is 130 Å². The Hall–Kier alpha value is -0.0600. The molecule has 0 aromatic carbocycles. The van der Waals surface area contributed by atoms with E-state index >= 15 is 0 Å². The molecule has 8 nitrogen and oxygen atoms in total. The van der Waals surface area contributed by atoms with Crippen molar-refractivity contribution in [2.75, 3.05) is 13.2 Å². The molecule has 1 aliphatic rings. The first-order valence-electron chi connectivity index (χ1n) is 5.85. The van der Waals surface area contributed by atoms with Gasteiger partial charge in [-0.2, -0.15) is 0 Å². The van der Waals surface area contributed by atoms with E-state index in [-0.39, 0.29) is 0 Å². The van der Waals surface area contributed by atoms with Gasteiger partial charge < -0.3 is 35.2 Å². The molecule has 5 atom stereocenters. The number of carbonyl (C=O) groups is 1. The highest BCUT2D eigenvalue weighted by Gasteiger charge is 2.44. The second-order valence-corrected chi connectivity index (χ2v) is 6.49. The Kier molecular flexibility index (Phi) is 5.94. The monoisotopic (exact) mass is 354 g/mol. The summed E-state index contributed by atoms with van der Waals surface area (Å²) >= 11 is 16.1. The molecule has 1 heterocycles. The standard InChI is InChI=1S/C9H14Cl3NO7/c10-9(11,12)2-19-8(18)13-4-6(16)5(15)3(1-14)20-7(4)17/h3-7,14-17H,1-2H2,(H,13,18)/t3-,4-,5-,6-,7?/m1/s1/i7D. The molecule has 5 N–H and O–H groups in total. The molecule has 1 rings (SSSR count). The van der Waals surface area contributed by atoms with Crippen LogP contribution >= 0.6 is 34.8 Å². The molecular weight excluding hydrogens is 340 g/mol. The number of hydrogen-bond acceptors (Lipinski definition) is 7. The number of alkyl halides is 3. The highest BCUT2D eigenvalue weighted by Crippen LogP contribution is 2.26. The predicted octanol–water partition coefficient (Wildman–Crippen LogP) is -1.12. The molecule has 1 unspecified atom stereocenters. The summed E-state index contributed by atoms with van der Waals surface area (Å²) in [6.07, 6.45) is -8.84. The maximum absolute atomic E-state index is 11.4. The number of alkyl carbamates (subject to hydrolysis) is 1. The summed E-state index contributed by atoms with van der Waals surface area (Å²) in [7, 11) is 0. The third-order valence-electron chi connectivity index (χ3n) is 2.43. The van der Waals surface area contributed by atoms with E-state index < -0.39 is 53.7 Å². The van der Waals surface area contributed by atoms with Crippen LogP contribution in [0.1, 0.15) is 1.37 Å². The molecule has 20 heavy (non-hydrogen) atoms. The first kappa shape index (κ1) is 16.3. The van der Waals surface area contributed by atoms with Crippen LogP contribution in [0.5, 0.6) is 0 Å². The number of ether oxygens (including phenoxy) is 2. The van der Waals surface area contributed by atoms with Crippen LogP contribution in [0.2, 0.25) is 0 Å². The predicted molar refractivity (Wildman–Crippen MR) is 68.5 cm³/mol. The minimum Gasteiger partial charge on any atom is -0.445 e. The maximum atomic E-state index is 11.4. The van der Waals surface area contributed by atoms with Gasteiger partial charge in [0, 0.05) is 0 Å². The number of carbonyl (C=O) groups excluding carboxylic acids is 1. The third-order valence-corrected chi connectivity index (χ3v) is 2.76. The van der Waals surface area contributed by atoms with Crippen molar-refractivity contribution in [2.24, 2.45) is 0 Å². The van der Waals surface area contributed by atoms with Crippen LogP contribution in [-0.2, 0) is 9.47 Å². The van der Waals surface area contributed by atoms with Gasteiger partial charge in [-0.15, -0.1) is 0 Å². The van der Waals surface area contributed by atoms with Gasteiger partial charge in [0.15, 0.2) is 6.27 Å².